The van der Waals surface area contributed by atoms with E-state index < -0.39 is 18.4 Å². The van der Waals surface area contributed by atoms with Crippen molar-refractivity contribution in [2.75, 3.05) is 13.4 Å². The van der Waals surface area contributed by atoms with Gasteiger partial charge in [-0.15, -0.1) is 0 Å². The van der Waals surface area contributed by atoms with E-state index in [0.717, 1.165) is 0 Å². The molecule has 0 radical (unpaired) electrons. The van der Waals surface area contributed by atoms with E-state index in [9.17, 15) is 9.59 Å². The van der Waals surface area contributed by atoms with E-state index in [2.05, 4.69) is 0 Å². The molecule has 0 unspecified atom stereocenters. The maximum atomic E-state index is 11.6. The first-order chi connectivity index (χ1) is 11.0. The molecule has 0 saturated carbocycles. The SMILES string of the molecule is CC(N)=C(C#N)C(=O)COC(=O)C=Cc1ccc2c(c1)OCO2. The summed E-state index contributed by atoms with van der Waals surface area (Å²) in [5, 5.41) is 8.78. The van der Waals surface area contributed by atoms with Crippen LogP contribution in [0.3, 0.4) is 0 Å². The van der Waals surface area contributed by atoms with Crippen LogP contribution >= 0.6 is 0 Å². The van der Waals surface area contributed by atoms with Crippen molar-refractivity contribution < 1.29 is 23.8 Å². The molecule has 0 aromatic heterocycles. The fourth-order valence-corrected chi connectivity index (χ4v) is 1.81. The number of carbonyl (C=O) groups is 2. The maximum Gasteiger partial charge on any atom is 0.331 e. The number of benzene rings is 1. The van der Waals surface area contributed by atoms with Crippen LogP contribution in [0, 0.1) is 11.3 Å². The Bertz CT molecular complexity index is 739. The summed E-state index contributed by atoms with van der Waals surface area (Å²) in [4.78, 5) is 23.2. The molecule has 7 heteroatoms. The van der Waals surface area contributed by atoms with Crippen molar-refractivity contribution in [1.29, 1.82) is 5.26 Å². The molecule has 7 nitrogen and oxygen atoms in total. The number of ketones is 1. The fraction of sp³-hybridized carbons (Fsp3) is 0.188. The third kappa shape index (κ3) is 4.11. The van der Waals surface area contributed by atoms with E-state index in [0.29, 0.717) is 17.1 Å². The standard InChI is InChI=1S/C16H14N2O5/c1-10(18)12(7-17)13(19)8-21-16(20)5-3-11-2-4-14-15(6-11)23-9-22-14/h2-6H,8-9,18H2,1H3. The number of hydrogen-bond acceptors (Lipinski definition) is 7. The number of fused-ring (bicyclic) bond motifs is 1. The summed E-state index contributed by atoms with van der Waals surface area (Å²) in [6.07, 6.45) is 2.69. The number of nitrogens with zero attached hydrogens (tertiary/aromatic N) is 1. The zero-order valence-electron chi connectivity index (χ0n) is 12.4. The van der Waals surface area contributed by atoms with Crippen LogP contribution in [0.15, 0.2) is 35.5 Å². The summed E-state index contributed by atoms with van der Waals surface area (Å²) >= 11 is 0. The average Bonchev–Trinajstić information content (AvgIpc) is 2.98. The quantitative estimate of drug-likeness (QED) is 0.495. The number of allylic oxidation sites excluding steroid dienone is 1. The number of carbonyl (C=O) groups excluding carboxylic acids is 2. The molecule has 1 heterocycles. The lowest BCUT2D eigenvalue weighted by Gasteiger charge is -2.02. The van der Waals surface area contributed by atoms with Gasteiger partial charge in [0.05, 0.1) is 0 Å². The molecule has 2 rings (SSSR count). The normalized spacial score (nSPS) is 13.4. The Morgan fingerprint density at radius 3 is 2.83 bits per heavy atom. The van der Waals surface area contributed by atoms with E-state index in [-0.39, 0.29) is 18.1 Å². The van der Waals surface area contributed by atoms with Crippen molar-refractivity contribution in [3.8, 4) is 17.6 Å². The van der Waals surface area contributed by atoms with Gasteiger partial charge < -0.3 is 19.9 Å². The van der Waals surface area contributed by atoms with Gasteiger partial charge in [0.1, 0.15) is 11.6 Å². The van der Waals surface area contributed by atoms with Crippen LogP contribution in [0.25, 0.3) is 6.08 Å². The van der Waals surface area contributed by atoms with Gasteiger partial charge in [0.2, 0.25) is 12.6 Å². The van der Waals surface area contributed by atoms with Gasteiger partial charge in [0.25, 0.3) is 0 Å². The van der Waals surface area contributed by atoms with Crippen LogP contribution in [0.2, 0.25) is 0 Å². The van der Waals surface area contributed by atoms with Crippen molar-refractivity contribution in [2.45, 2.75) is 6.92 Å². The Kier molecular flexibility index (Phi) is 5.00. The van der Waals surface area contributed by atoms with Crippen LogP contribution in [0.1, 0.15) is 12.5 Å². The third-order valence-corrected chi connectivity index (χ3v) is 2.94. The van der Waals surface area contributed by atoms with Gasteiger partial charge in [-0.2, -0.15) is 5.26 Å². The van der Waals surface area contributed by atoms with Crippen LogP contribution in [-0.2, 0) is 14.3 Å². The lowest BCUT2D eigenvalue weighted by atomic mass is 10.1. The Hall–Kier alpha value is -3.27. The van der Waals surface area contributed by atoms with Gasteiger partial charge >= 0.3 is 5.97 Å². The fourth-order valence-electron chi connectivity index (χ4n) is 1.81. The van der Waals surface area contributed by atoms with Gasteiger partial charge in [-0.05, 0) is 30.7 Å². The largest absolute Gasteiger partial charge is 0.454 e. The molecule has 0 aliphatic carbocycles. The minimum absolute atomic E-state index is 0.0875. The summed E-state index contributed by atoms with van der Waals surface area (Å²) < 4.78 is 15.2. The highest BCUT2D eigenvalue weighted by Gasteiger charge is 2.14. The second kappa shape index (κ2) is 7.13. The van der Waals surface area contributed by atoms with Gasteiger partial charge in [-0.25, -0.2) is 4.79 Å². The number of Topliss-reactive ketones (excluding diaryl/α,β-unsaturated/α-hetero) is 1. The van der Waals surface area contributed by atoms with Crippen LogP contribution in [-0.4, -0.2) is 25.2 Å². The molecule has 1 aliphatic heterocycles. The summed E-state index contributed by atoms with van der Waals surface area (Å²) in [6, 6.07) is 6.86. The second-order valence-corrected chi connectivity index (χ2v) is 4.65. The third-order valence-electron chi connectivity index (χ3n) is 2.94. The van der Waals surface area contributed by atoms with Crippen LogP contribution in [0.5, 0.6) is 11.5 Å². The zero-order valence-corrected chi connectivity index (χ0v) is 12.4. The molecule has 0 amide bonds. The highest BCUT2D eigenvalue weighted by molar-refractivity contribution is 6.01. The molecule has 2 N–H and O–H groups in total. The molecule has 0 atom stereocenters. The van der Waals surface area contributed by atoms with Crippen molar-refractivity contribution in [2.24, 2.45) is 5.73 Å². The summed E-state index contributed by atoms with van der Waals surface area (Å²) in [6.45, 7) is 1.06. The lowest BCUT2D eigenvalue weighted by Crippen LogP contribution is -2.16. The number of esters is 1. The van der Waals surface area contributed by atoms with Crippen molar-refractivity contribution in [3.63, 3.8) is 0 Å². The minimum atomic E-state index is -0.706. The average molecular weight is 314 g/mol. The predicted octanol–water partition coefficient (Wildman–Crippen LogP) is 1.30. The van der Waals surface area contributed by atoms with Crippen molar-refractivity contribution in [3.05, 3.63) is 41.1 Å². The van der Waals surface area contributed by atoms with E-state index >= 15 is 0 Å². The first-order valence-corrected chi connectivity index (χ1v) is 6.65. The van der Waals surface area contributed by atoms with Crippen molar-refractivity contribution in [1.82, 2.24) is 0 Å². The lowest BCUT2D eigenvalue weighted by molar-refractivity contribution is -0.141. The van der Waals surface area contributed by atoms with Gasteiger partial charge in [0, 0.05) is 11.8 Å². The number of rotatable bonds is 5. The van der Waals surface area contributed by atoms with Gasteiger partial charge in [-0.1, -0.05) is 6.07 Å². The number of nitrogens with two attached hydrogens (primary N) is 1. The number of hydrogen-bond donors (Lipinski definition) is 1. The van der Waals surface area contributed by atoms with Crippen LogP contribution in [0.4, 0.5) is 0 Å². The minimum Gasteiger partial charge on any atom is -0.454 e. The molecule has 0 fully saturated rings. The molecule has 1 aromatic carbocycles. The highest BCUT2D eigenvalue weighted by Crippen LogP contribution is 2.32. The Morgan fingerprint density at radius 2 is 2.13 bits per heavy atom. The van der Waals surface area contributed by atoms with Gasteiger partial charge in [-0.3, -0.25) is 4.79 Å². The predicted molar refractivity (Wildman–Crippen MR) is 80.1 cm³/mol. The number of ether oxygens (including phenoxy) is 3. The molecule has 1 aromatic rings. The molecule has 0 spiro atoms. The Balaban J connectivity index is 1.91. The van der Waals surface area contributed by atoms with Gasteiger partial charge in [0.15, 0.2) is 18.1 Å². The molecule has 1 aliphatic rings. The first-order valence-electron chi connectivity index (χ1n) is 6.65. The smallest absolute Gasteiger partial charge is 0.331 e. The van der Waals surface area contributed by atoms with Crippen LogP contribution < -0.4 is 15.2 Å². The topological polar surface area (TPSA) is 112 Å². The molecule has 0 bridgehead atoms. The monoisotopic (exact) mass is 314 g/mol. The summed E-state index contributed by atoms with van der Waals surface area (Å²) in [5.41, 5.74) is 5.99. The first kappa shape index (κ1) is 16.1. The summed E-state index contributed by atoms with van der Waals surface area (Å²) in [7, 11) is 0. The Labute approximate surface area is 132 Å². The molecular formula is C16H14N2O5. The molecule has 23 heavy (non-hydrogen) atoms. The Morgan fingerprint density at radius 1 is 1.39 bits per heavy atom. The second-order valence-electron chi connectivity index (χ2n) is 4.65. The van der Waals surface area contributed by atoms with E-state index in [4.69, 9.17) is 25.2 Å². The van der Waals surface area contributed by atoms with Crippen molar-refractivity contribution >= 4 is 17.8 Å². The molecule has 0 saturated heterocycles. The zero-order chi connectivity index (χ0) is 16.8. The van der Waals surface area contributed by atoms with E-state index in [1.807, 2.05) is 0 Å². The highest BCUT2D eigenvalue weighted by atomic mass is 16.7. The number of nitriles is 1. The summed E-state index contributed by atoms with van der Waals surface area (Å²) in [5.74, 6) is -0.110. The van der Waals surface area contributed by atoms with E-state index in [1.165, 1.54) is 19.1 Å². The maximum absolute atomic E-state index is 11.6. The van der Waals surface area contributed by atoms with E-state index in [1.54, 1.807) is 24.3 Å². The molecular weight excluding hydrogens is 300 g/mol. The molecule has 118 valence electrons.